The molecule has 2 saturated heterocycles. The molecule has 1 atom stereocenters. The summed E-state index contributed by atoms with van der Waals surface area (Å²) in [6.07, 6.45) is 3.87. The molecule has 6 heteroatoms. The lowest BCUT2D eigenvalue weighted by molar-refractivity contribution is -0.116. The van der Waals surface area contributed by atoms with Gasteiger partial charge in [-0.1, -0.05) is 0 Å². The molecule has 0 unspecified atom stereocenters. The van der Waals surface area contributed by atoms with Gasteiger partial charge in [-0.3, -0.25) is 4.79 Å². The first-order chi connectivity index (χ1) is 14.7. The number of anilines is 4. The molecule has 2 heterocycles. The molecule has 2 aliphatic rings. The van der Waals surface area contributed by atoms with Gasteiger partial charge in [0.05, 0.1) is 13.2 Å². The van der Waals surface area contributed by atoms with Gasteiger partial charge in [-0.2, -0.15) is 0 Å². The highest BCUT2D eigenvalue weighted by molar-refractivity contribution is 5.96. The van der Waals surface area contributed by atoms with Crippen molar-refractivity contribution in [3.8, 4) is 0 Å². The minimum absolute atomic E-state index is 0.0470. The third-order valence-corrected chi connectivity index (χ3v) is 5.88. The Morgan fingerprint density at radius 3 is 1.93 bits per heavy atom. The second kappa shape index (κ2) is 9.85. The van der Waals surface area contributed by atoms with Crippen LogP contribution in [-0.4, -0.2) is 51.3 Å². The fourth-order valence-electron chi connectivity index (χ4n) is 4.06. The summed E-state index contributed by atoms with van der Waals surface area (Å²) in [5, 5.41) is 6.30. The smallest absolute Gasteiger partial charge is 0.246 e. The number of nitrogens with one attached hydrogen (secondary N) is 2. The standard InChI is InChI=1S/C24H32N4O2/c1-19(25-20-5-9-22(10-6-20)27-13-3-2-4-14-27)24(29)26-21-7-11-23(12-8-21)28-15-17-30-18-16-28/h5-12,19,25H,2-4,13-18H2,1H3,(H,26,29)/t19-/m0/s1. The van der Waals surface area contributed by atoms with Crippen LogP contribution in [0.4, 0.5) is 22.7 Å². The summed E-state index contributed by atoms with van der Waals surface area (Å²) in [4.78, 5) is 17.3. The van der Waals surface area contributed by atoms with E-state index in [4.69, 9.17) is 4.74 Å². The van der Waals surface area contributed by atoms with E-state index in [0.717, 1.165) is 56.5 Å². The number of hydrogen-bond donors (Lipinski definition) is 2. The van der Waals surface area contributed by atoms with Crippen molar-refractivity contribution in [3.63, 3.8) is 0 Å². The third-order valence-electron chi connectivity index (χ3n) is 5.88. The number of carbonyl (C=O) groups is 1. The van der Waals surface area contributed by atoms with Gasteiger partial charge < -0.3 is 25.2 Å². The molecule has 1 amide bonds. The van der Waals surface area contributed by atoms with Crippen LogP contribution >= 0.6 is 0 Å². The Morgan fingerprint density at radius 2 is 1.33 bits per heavy atom. The zero-order valence-electron chi connectivity index (χ0n) is 17.8. The Balaban J connectivity index is 1.29. The van der Waals surface area contributed by atoms with Crippen molar-refractivity contribution in [2.75, 3.05) is 59.8 Å². The highest BCUT2D eigenvalue weighted by atomic mass is 16.5. The largest absolute Gasteiger partial charge is 0.378 e. The van der Waals surface area contributed by atoms with Crippen LogP contribution in [0.25, 0.3) is 0 Å². The zero-order valence-corrected chi connectivity index (χ0v) is 17.8. The van der Waals surface area contributed by atoms with Gasteiger partial charge in [0.1, 0.15) is 6.04 Å². The first kappa shape index (κ1) is 20.5. The Morgan fingerprint density at radius 1 is 0.800 bits per heavy atom. The minimum Gasteiger partial charge on any atom is -0.378 e. The number of carbonyl (C=O) groups excluding carboxylic acids is 1. The second-order valence-corrected chi connectivity index (χ2v) is 8.10. The van der Waals surface area contributed by atoms with Crippen LogP contribution in [0.15, 0.2) is 48.5 Å². The summed E-state index contributed by atoms with van der Waals surface area (Å²) in [6.45, 7) is 7.50. The molecular formula is C24H32N4O2. The van der Waals surface area contributed by atoms with Gasteiger partial charge in [-0.25, -0.2) is 0 Å². The predicted molar refractivity (Wildman–Crippen MR) is 124 cm³/mol. The number of nitrogens with zero attached hydrogens (tertiary/aromatic N) is 2. The van der Waals surface area contributed by atoms with E-state index in [1.54, 1.807) is 0 Å². The van der Waals surface area contributed by atoms with Crippen LogP contribution < -0.4 is 20.4 Å². The van der Waals surface area contributed by atoms with Crippen molar-refractivity contribution in [2.45, 2.75) is 32.2 Å². The highest BCUT2D eigenvalue weighted by Crippen LogP contribution is 2.23. The Labute approximate surface area is 179 Å². The Kier molecular flexibility index (Phi) is 6.74. The lowest BCUT2D eigenvalue weighted by Gasteiger charge is -2.29. The van der Waals surface area contributed by atoms with Gasteiger partial charge >= 0.3 is 0 Å². The normalized spacial score (nSPS) is 18.0. The molecule has 4 rings (SSSR count). The first-order valence-corrected chi connectivity index (χ1v) is 11.0. The maximum atomic E-state index is 12.6. The summed E-state index contributed by atoms with van der Waals surface area (Å²) < 4.78 is 5.40. The molecule has 0 bridgehead atoms. The summed E-state index contributed by atoms with van der Waals surface area (Å²) >= 11 is 0. The Hall–Kier alpha value is -2.73. The fourth-order valence-corrected chi connectivity index (χ4v) is 4.06. The monoisotopic (exact) mass is 408 g/mol. The molecule has 0 radical (unpaired) electrons. The van der Waals surface area contributed by atoms with Crippen LogP contribution in [0.1, 0.15) is 26.2 Å². The van der Waals surface area contributed by atoms with Crippen LogP contribution in [-0.2, 0) is 9.53 Å². The van der Waals surface area contributed by atoms with Gasteiger partial charge in [0.15, 0.2) is 0 Å². The third kappa shape index (κ3) is 5.25. The lowest BCUT2D eigenvalue weighted by atomic mass is 10.1. The second-order valence-electron chi connectivity index (χ2n) is 8.10. The van der Waals surface area contributed by atoms with E-state index in [1.165, 1.54) is 24.9 Å². The van der Waals surface area contributed by atoms with Crippen LogP contribution in [0.2, 0.25) is 0 Å². The molecule has 2 aromatic carbocycles. The van der Waals surface area contributed by atoms with Crippen molar-refractivity contribution >= 4 is 28.7 Å². The average Bonchev–Trinajstić information content (AvgIpc) is 2.81. The molecular weight excluding hydrogens is 376 g/mol. The summed E-state index contributed by atoms with van der Waals surface area (Å²) in [5.74, 6) is -0.0470. The van der Waals surface area contributed by atoms with Crippen molar-refractivity contribution in [2.24, 2.45) is 0 Å². The number of piperidine rings is 1. The molecule has 30 heavy (non-hydrogen) atoms. The van der Waals surface area contributed by atoms with E-state index >= 15 is 0 Å². The lowest BCUT2D eigenvalue weighted by Crippen LogP contribution is -2.36. The molecule has 0 aromatic heterocycles. The van der Waals surface area contributed by atoms with Crippen LogP contribution in [0.3, 0.4) is 0 Å². The van der Waals surface area contributed by atoms with Crippen molar-refractivity contribution in [1.29, 1.82) is 0 Å². The van der Waals surface area contributed by atoms with Gasteiger partial charge in [-0.05, 0) is 74.7 Å². The molecule has 2 N–H and O–H groups in total. The summed E-state index contributed by atoms with van der Waals surface area (Å²) in [7, 11) is 0. The van der Waals surface area contributed by atoms with Crippen LogP contribution in [0, 0.1) is 0 Å². The molecule has 0 aliphatic carbocycles. The van der Waals surface area contributed by atoms with E-state index in [9.17, 15) is 4.79 Å². The molecule has 2 aliphatic heterocycles. The highest BCUT2D eigenvalue weighted by Gasteiger charge is 2.15. The van der Waals surface area contributed by atoms with E-state index in [1.807, 2.05) is 19.1 Å². The molecule has 2 fully saturated rings. The number of benzene rings is 2. The molecule has 0 spiro atoms. The van der Waals surface area contributed by atoms with E-state index in [0.29, 0.717) is 0 Å². The maximum absolute atomic E-state index is 12.6. The average molecular weight is 409 g/mol. The first-order valence-electron chi connectivity index (χ1n) is 11.0. The molecule has 160 valence electrons. The zero-order chi connectivity index (χ0) is 20.8. The molecule has 2 aromatic rings. The van der Waals surface area contributed by atoms with E-state index in [2.05, 4.69) is 56.8 Å². The summed E-state index contributed by atoms with van der Waals surface area (Å²) in [6, 6.07) is 16.1. The number of hydrogen-bond acceptors (Lipinski definition) is 5. The number of ether oxygens (including phenoxy) is 1. The van der Waals surface area contributed by atoms with Gasteiger partial charge in [0, 0.05) is 48.9 Å². The quantitative estimate of drug-likeness (QED) is 0.758. The topological polar surface area (TPSA) is 56.8 Å². The van der Waals surface area contributed by atoms with Gasteiger partial charge in [0.25, 0.3) is 0 Å². The van der Waals surface area contributed by atoms with Crippen LogP contribution in [0.5, 0.6) is 0 Å². The van der Waals surface area contributed by atoms with Gasteiger partial charge in [0.2, 0.25) is 5.91 Å². The van der Waals surface area contributed by atoms with Crippen molar-refractivity contribution in [3.05, 3.63) is 48.5 Å². The van der Waals surface area contributed by atoms with E-state index < -0.39 is 0 Å². The van der Waals surface area contributed by atoms with E-state index in [-0.39, 0.29) is 11.9 Å². The predicted octanol–water partition coefficient (Wildman–Crippen LogP) is 3.95. The fraction of sp³-hybridized carbons (Fsp3) is 0.458. The molecule has 0 saturated carbocycles. The Bertz CT molecular complexity index is 810. The number of rotatable bonds is 6. The van der Waals surface area contributed by atoms with Crippen molar-refractivity contribution < 1.29 is 9.53 Å². The maximum Gasteiger partial charge on any atom is 0.246 e. The number of morpholine rings is 1. The number of amides is 1. The molecule has 6 nitrogen and oxygen atoms in total. The van der Waals surface area contributed by atoms with Crippen molar-refractivity contribution in [1.82, 2.24) is 0 Å². The SMILES string of the molecule is C[C@H](Nc1ccc(N2CCCCC2)cc1)C(=O)Nc1ccc(N2CCOCC2)cc1. The van der Waals surface area contributed by atoms with Gasteiger partial charge in [-0.15, -0.1) is 0 Å². The minimum atomic E-state index is -0.329. The summed E-state index contributed by atoms with van der Waals surface area (Å²) in [5.41, 5.74) is 4.20.